The molecule has 0 saturated carbocycles. The van der Waals surface area contributed by atoms with E-state index in [4.69, 9.17) is 0 Å². The molecule has 1 aliphatic heterocycles. The zero-order valence-electron chi connectivity index (χ0n) is 16.7. The molecule has 0 spiro atoms. The molecule has 0 aromatic heterocycles. The van der Waals surface area contributed by atoms with Crippen molar-refractivity contribution >= 4 is 29.2 Å². The normalized spacial score (nSPS) is 13.1. The van der Waals surface area contributed by atoms with Gasteiger partial charge >= 0.3 is 5.97 Å². The molecule has 2 aromatic rings. The third-order valence-electron chi connectivity index (χ3n) is 4.90. The lowest BCUT2D eigenvalue weighted by Crippen LogP contribution is -2.27. The molecule has 0 unspecified atom stereocenters. The molecule has 0 radical (unpaired) electrons. The number of methoxy groups -OCH3 is 1. The van der Waals surface area contributed by atoms with Gasteiger partial charge in [0.1, 0.15) is 0 Å². The van der Waals surface area contributed by atoms with E-state index in [9.17, 15) is 14.4 Å². The van der Waals surface area contributed by atoms with Gasteiger partial charge in [-0.1, -0.05) is 0 Å². The first-order chi connectivity index (χ1) is 14.0. The Morgan fingerprint density at radius 1 is 1.00 bits per heavy atom. The summed E-state index contributed by atoms with van der Waals surface area (Å²) in [4.78, 5) is 38.0. The van der Waals surface area contributed by atoms with Crippen LogP contribution in [0.5, 0.6) is 0 Å². The molecule has 7 nitrogen and oxygen atoms in total. The Bertz CT molecular complexity index is 903. The number of ether oxygens (including phenoxy) is 1. The fourth-order valence-electron chi connectivity index (χ4n) is 3.29. The number of carbonyl (C=O) groups excluding carboxylic acids is 3. The highest BCUT2D eigenvalue weighted by molar-refractivity contribution is 5.96. The highest BCUT2D eigenvalue weighted by Gasteiger charge is 2.19. The molecule has 29 heavy (non-hydrogen) atoms. The van der Waals surface area contributed by atoms with Crippen LogP contribution in [0.1, 0.15) is 39.1 Å². The molecule has 0 bridgehead atoms. The van der Waals surface area contributed by atoms with Crippen LogP contribution in [0.4, 0.5) is 11.4 Å². The molecule has 2 amide bonds. The summed E-state index contributed by atoms with van der Waals surface area (Å²) in [6.45, 7) is 3.63. The van der Waals surface area contributed by atoms with Crippen molar-refractivity contribution in [3.05, 3.63) is 59.2 Å². The number of benzene rings is 2. The average molecular weight is 395 g/mol. The van der Waals surface area contributed by atoms with Gasteiger partial charge in [-0.2, -0.15) is 0 Å². The number of hydrogen-bond donors (Lipinski definition) is 2. The van der Waals surface area contributed by atoms with Gasteiger partial charge in [0.05, 0.1) is 19.2 Å². The van der Waals surface area contributed by atoms with Crippen molar-refractivity contribution in [3.8, 4) is 0 Å². The smallest absolute Gasteiger partial charge is 0.337 e. The van der Waals surface area contributed by atoms with Gasteiger partial charge in [-0.25, -0.2) is 4.79 Å². The molecule has 7 heteroatoms. The average Bonchev–Trinajstić information content (AvgIpc) is 3.27. The van der Waals surface area contributed by atoms with Gasteiger partial charge in [-0.05, 0) is 67.8 Å². The van der Waals surface area contributed by atoms with Crippen LogP contribution in [-0.4, -0.2) is 49.4 Å². The minimum atomic E-state index is -0.424. The van der Waals surface area contributed by atoms with E-state index in [0.717, 1.165) is 37.2 Å². The fraction of sp³-hybridized carbons (Fsp3) is 0.318. The van der Waals surface area contributed by atoms with Gasteiger partial charge in [0.2, 0.25) is 5.91 Å². The number of nitrogens with one attached hydrogen (secondary N) is 2. The molecule has 1 heterocycles. The number of hydrogen-bond acceptors (Lipinski definition) is 5. The van der Waals surface area contributed by atoms with E-state index in [1.165, 1.54) is 7.11 Å². The van der Waals surface area contributed by atoms with Gasteiger partial charge in [0.15, 0.2) is 0 Å². The number of likely N-dealkylation sites (tertiary alicyclic amines) is 1. The van der Waals surface area contributed by atoms with Crippen LogP contribution >= 0.6 is 0 Å². The predicted molar refractivity (Wildman–Crippen MR) is 111 cm³/mol. The van der Waals surface area contributed by atoms with E-state index in [-0.39, 0.29) is 18.4 Å². The van der Waals surface area contributed by atoms with E-state index < -0.39 is 5.97 Å². The minimum Gasteiger partial charge on any atom is -0.465 e. The van der Waals surface area contributed by atoms with Crippen molar-refractivity contribution in [1.82, 2.24) is 4.90 Å². The van der Waals surface area contributed by atoms with Gasteiger partial charge in [-0.15, -0.1) is 0 Å². The molecule has 1 fully saturated rings. The van der Waals surface area contributed by atoms with Crippen molar-refractivity contribution in [1.29, 1.82) is 0 Å². The maximum atomic E-state index is 12.5. The van der Waals surface area contributed by atoms with E-state index in [1.54, 1.807) is 30.3 Å². The predicted octanol–water partition coefficient (Wildman–Crippen LogP) is 3.07. The number of amides is 2. The number of rotatable bonds is 6. The molecule has 0 atom stereocenters. The number of nitrogens with zero attached hydrogens (tertiary/aromatic N) is 1. The second kappa shape index (κ2) is 9.23. The lowest BCUT2D eigenvalue weighted by Gasteiger charge is -2.16. The minimum absolute atomic E-state index is 0.0605. The summed E-state index contributed by atoms with van der Waals surface area (Å²) >= 11 is 0. The molecule has 1 aliphatic rings. The van der Waals surface area contributed by atoms with Crippen LogP contribution in [0.3, 0.4) is 0 Å². The lowest BCUT2D eigenvalue weighted by molar-refractivity contribution is -0.114. The summed E-state index contributed by atoms with van der Waals surface area (Å²) in [6.07, 6.45) is 2.12. The Morgan fingerprint density at radius 3 is 2.28 bits per heavy atom. The van der Waals surface area contributed by atoms with Crippen LogP contribution in [-0.2, 0) is 9.53 Å². The molecule has 152 valence electrons. The van der Waals surface area contributed by atoms with Crippen molar-refractivity contribution in [2.24, 2.45) is 0 Å². The first-order valence-electron chi connectivity index (χ1n) is 9.60. The quantitative estimate of drug-likeness (QED) is 0.734. The summed E-state index contributed by atoms with van der Waals surface area (Å²) in [5.41, 5.74) is 3.39. The molecule has 0 aliphatic carbocycles. The Labute approximate surface area is 170 Å². The van der Waals surface area contributed by atoms with Crippen molar-refractivity contribution in [3.63, 3.8) is 0 Å². The second-order valence-corrected chi connectivity index (χ2v) is 7.00. The molecular weight excluding hydrogens is 370 g/mol. The van der Waals surface area contributed by atoms with E-state index in [1.807, 2.05) is 24.0 Å². The summed E-state index contributed by atoms with van der Waals surface area (Å²) < 4.78 is 4.65. The lowest BCUT2D eigenvalue weighted by atomic mass is 10.1. The number of carbonyl (C=O) groups is 3. The molecule has 2 aromatic carbocycles. The van der Waals surface area contributed by atoms with Crippen LogP contribution < -0.4 is 10.6 Å². The highest BCUT2D eigenvalue weighted by atomic mass is 16.5. The number of aryl methyl sites for hydroxylation is 1. The van der Waals surface area contributed by atoms with Crippen LogP contribution in [0.2, 0.25) is 0 Å². The zero-order chi connectivity index (χ0) is 20.8. The maximum absolute atomic E-state index is 12.5. The van der Waals surface area contributed by atoms with Crippen LogP contribution in [0, 0.1) is 6.92 Å². The van der Waals surface area contributed by atoms with Crippen LogP contribution in [0.25, 0.3) is 0 Å². The van der Waals surface area contributed by atoms with Crippen molar-refractivity contribution in [2.75, 3.05) is 37.4 Å². The molecule has 1 saturated heterocycles. The van der Waals surface area contributed by atoms with E-state index >= 15 is 0 Å². The molecule has 2 N–H and O–H groups in total. The monoisotopic (exact) mass is 395 g/mol. The topological polar surface area (TPSA) is 87.7 Å². The van der Waals surface area contributed by atoms with Crippen molar-refractivity contribution < 1.29 is 19.1 Å². The van der Waals surface area contributed by atoms with Gasteiger partial charge in [-0.3, -0.25) is 9.59 Å². The Balaban J connectivity index is 1.54. The van der Waals surface area contributed by atoms with Crippen LogP contribution in [0.15, 0.2) is 42.5 Å². The SMILES string of the molecule is COC(=O)c1ccc(NC(=O)CNc2ccc(C(=O)N3CCCC3)cc2C)cc1. The third-order valence-corrected chi connectivity index (χ3v) is 4.90. The largest absolute Gasteiger partial charge is 0.465 e. The first kappa shape index (κ1) is 20.4. The van der Waals surface area contributed by atoms with Crippen molar-refractivity contribution in [2.45, 2.75) is 19.8 Å². The number of anilines is 2. The van der Waals surface area contributed by atoms with Gasteiger partial charge in [0.25, 0.3) is 5.91 Å². The summed E-state index contributed by atoms with van der Waals surface area (Å²) in [5.74, 6) is -0.579. The Kier molecular flexibility index (Phi) is 6.49. The Morgan fingerprint density at radius 2 is 1.66 bits per heavy atom. The zero-order valence-corrected chi connectivity index (χ0v) is 16.7. The maximum Gasteiger partial charge on any atom is 0.337 e. The second-order valence-electron chi connectivity index (χ2n) is 7.00. The molecular formula is C22H25N3O4. The summed E-state index contributed by atoms with van der Waals surface area (Å²) in [5, 5.41) is 5.86. The summed E-state index contributed by atoms with van der Waals surface area (Å²) in [7, 11) is 1.32. The van der Waals surface area contributed by atoms with Gasteiger partial charge in [0, 0.05) is 30.0 Å². The van der Waals surface area contributed by atoms with Gasteiger partial charge < -0.3 is 20.3 Å². The number of esters is 1. The third kappa shape index (κ3) is 5.13. The Hall–Kier alpha value is -3.35. The first-order valence-corrected chi connectivity index (χ1v) is 9.60. The summed E-state index contributed by atoms with van der Waals surface area (Å²) in [6, 6.07) is 12.0. The standard InChI is InChI=1S/C22H25N3O4/c1-15-13-17(21(27)25-11-3-4-12-25)7-10-19(15)23-14-20(26)24-18-8-5-16(6-9-18)22(28)29-2/h5-10,13,23H,3-4,11-12,14H2,1-2H3,(H,24,26). The highest BCUT2D eigenvalue weighted by Crippen LogP contribution is 2.19. The van der Waals surface area contributed by atoms with E-state index in [2.05, 4.69) is 15.4 Å². The fourth-order valence-corrected chi connectivity index (χ4v) is 3.29. The van der Waals surface area contributed by atoms with E-state index in [0.29, 0.717) is 16.8 Å². The molecule has 3 rings (SSSR count).